The molecule has 0 spiro atoms. The minimum atomic E-state index is -0.118. The van der Waals surface area contributed by atoms with Crippen molar-refractivity contribution < 1.29 is 4.79 Å². The van der Waals surface area contributed by atoms with E-state index in [9.17, 15) is 4.79 Å². The Morgan fingerprint density at radius 1 is 1.24 bits per heavy atom. The number of rotatable bonds is 3. The van der Waals surface area contributed by atoms with Crippen LogP contribution in [0, 0.1) is 20.8 Å². The number of pyridine rings is 1. The maximum atomic E-state index is 12.5. The molecular weight excluding hydrogens is 284 g/mol. The first-order valence-electron chi connectivity index (χ1n) is 6.82. The van der Waals surface area contributed by atoms with Crippen LogP contribution in [-0.4, -0.2) is 22.8 Å². The number of hydrogen-bond donors (Lipinski definition) is 0. The Bertz CT molecular complexity index is 682. The fourth-order valence-corrected chi connectivity index (χ4v) is 2.53. The maximum absolute atomic E-state index is 12.5. The Balaban J connectivity index is 2.19. The van der Waals surface area contributed by atoms with Crippen LogP contribution in [0.2, 0.25) is 5.02 Å². The van der Waals surface area contributed by atoms with Gasteiger partial charge in [0.1, 0.15) is 0 Å². The first-order chi connectivity index (χ1) is 9.88. The molecule has 2 rings (SSSR count). The van der Waals surface area contributed by atoms with Gasteiger partial charge in [0, 0.05) is 25.5 Å². The molecule has 0 aliphatic carbocycles. The molecule has 4 heteroatoms. The summed E-state index contributed by atoms with van der Waals surface area (Å²) in [6.45, 7) is 6.51. The third kappa shape index (κ3) is 3.61. The van der Waals surface area contributed by atoms with E-state index in [0.29, 0.717) is 17.1 Å². The van der Waals surface area contributed by atoms with Crippen LogP contribution >= 0.6 is 11.6 Å². The molecule has 0 unspecified atom stereocenters. The summed E-state index contributed by atoms with van der Waals surface area (Å²) < 4.78 is 0. The molecule has 21 heavy (non-hydrogen) atoms. The minimum Gasteiger partial charge on any atom is -0.337 e. The van der Waals surface area contributed by atoms with Crippen molar-refractivity contribution in [2.45, 2.75) is 27.3 Å². The molecule has 0 N–H and O–H groups in total. The molecule has 0 saturated heterocycles. The van der Waals surface area contributed by atoms with Gasteiger partial charge in [0.25, 0.3) is 5.91 Å². The molecule has 1 aromatic carbocycles. The van der Waals surface area contributed by atoms with Crippen molar-refractivity contribution in [3.63, 3.8) is 0 Å². The summed E-state index contributed by atoms with van der Waals surface area (Å²) in [4.78, 5) is 18.3. The Labute approximate surface area is 130 Å². The van der Waals surface area contributed by atoms with Crippen LogP contribution in [0.1, 0.15) is 32.7 Å². The van der Waals surface area contributed by atoms with Crippen LogP contribution in [0.5, 0.6) is 0 Å². The quantitative estimate of drug-likeness (QED) is 0.860. The monoisotopic (exact) mass is 302 g/mol. The topological polar surface area (TPSA) is 33.2 Å². The van der Waals surface area contributed by atoms with Crippen molar-refractivity contribution in [2.75, 3.05) is 7.05 Å². The van der Waals surface area contributed by atoms with Gasteiger partial charge in [0.05, 0.1) is 10.6 Å². The molecule has 1 amide bonds. The zero-order valence-corrected chi connectivity index (χ0v) is 13.5. The van der Waals surface area contributed by atoms with Gasteiger partial charge in [-0.1, -0.05) is 35.4 Å². The SMILES string of the molecule is Cc1ccc(CN(C)C(=O)c2cnc(C)cc2Cl)c(C)c1. The number of halogens is 1. The standard InChI is InChI=1S/C17H19ClN2O/c1-11-5-6-14(12(2)7-11)10-20(4)17(21)15-9-19-13(3)8-16(15)18/h5-9H,10H2,1-4H3. The molecule has 110 valence electrons. The average Bonchev–Trinajstić information content (AvgIpc) is 2.41. The van der Waals surface area contributed by atoms with E-state index in [4.69, 9.17) is 11.6 Å². The summed E-state index contributed by atoms with van der Waals surface area (Å²) in [5.74, 6) is -0.118. The van der Waals surface area contributed by atoms with E-state index in [0.717, 1.165) is 11.3 Å². The van der Waals surface area contributed by atoms with Gasteiger partial charge < -0.3 is 4.90 Å². The van der Waals surface area contributed by atoms with Crippen molar-refractivity contribution in [2.24, 2.45) is 0 Å². The number of nitrogens with zero attached hydrogens (tertiary/aromatic N) is 2. The van der Waals surface area contributed by atoms with Crippen LogP contribution in [0.3, 0.4) is 0 Å². The van der Waals surface area contributed by atoms with E-state index < -0.39 is 0 Å². The fraction of sp³-hybridized carbons (Fsp3) is 0.294. The lowest BCUT2D eigenvalue weighted by Crippen LogP contribution is -2.27. The number of amides is 1. The number of carbonyl (C=O) groups excluding carboxylic acids is 1. The van der Waals surface area contributed by atoms with Crippen molar-refractivity contribution in [3.05, 3.63) is 63.4 Å². The number of aromatic nitrogens is 1. The normalized spacial score (nSPS) is 10.5. The van der Waals surface area contributed by atoms with E-state index >= 15 is 0 Å². The lowest BCUT2D eigenvalue weighted by atomic mass is 10.1. The fourth-order valence-electron chi connectivity index (χ4n) is 2.24. The molecule has 0 aliphatic rings. The number of aryl methyl sites for hydroxylation is 3. The van der Waals surface area contributed by atoms with Crippen LogP contribution < -0.4 is 0 Å². The van der Waals surface area contributed by atoms with Gasteiger partial charge >= 0.3 is 0 Å². The molecule has 0 bridgehead atoms. The molecule has 2 aromatic rings. The summed E-state index contributed by atoms with van der Waals surface area (Å²) in [5, 5.41) is 0.444. The molecule has 0 radical (unpaired) electrons. The molecule has 0 atom stereocenters. The maximum Gasteiger partial charge on any atom is 0.256 e. The highest BCUT2D eigenvalue weighted by Crippen LogP contribution is 2.19. The molecule has 0 fully saturated rings. The van der Waals surface area contributed by atoms with E-state index in [1.165, 1.54) is 11.1 Å². The molecular formula is C17H19ClN2O. The third-order valence-electron chi connectivity index (χ3n) is 3.47. The highest BCUT2D eigenvalue weighted by molar-refractivity contribution is 6.33. The summed E-state index contributed by atoms with van der Waals surface area (Å²) in [6.07, 6.45) is 1.54. The molecule has 1 heterocycles. The van der Waals surface area contributed by atoms with Crippen molar-refractivity contribution in [1.29, 1.82) is 0 Å². The minimum absolute atomic E-state index is 0.118. The van der Waals surface area contributed by atoms with Crippen molar-refractivity contribution in [3.8, 4) is 0 Å². The molecule has 0 saturated carbocycles. The summed E-state index contributed by atoms with van der Waals surface area (Å²) in [6, 6.07) is 7.94. The first-order valence-corrected chi connectivity index (χ1v) is 7.20. The van der Waals surface area contributed by atoms with Gasteiger partial charge in [0.2, 0.25) is 0 Å². The highest BCUT2D eigenvalue weighted by atomic mass is 35.5. The number of benzene rings is 1. The van der Waals surface area contributed by atoms with E-state index in [1.54, 1.807) is 24.2 Å². The largest absolute Gasteiger partial charge is 0.337 e. The van der Waals surface area contributed by atoms with Crippen LogP contribution in [0.15, 0.2) is 30.5 Å². The van der Waals surface area contributed by atoms with Gasteiger partial charge in [-0.2, -0.15) is 0 Å². The second-order valence-electron chi connectivity index (χ2n) is 5.40. The van der Waals surface area contributed by atoms with Crippen molar-refractivity contribution in [1.82, 2.24) is 9.88 Å². The summed E-state index contributed by atoms with van der Waals surface area (Å²) in [7, 11) is 1.78. The van der Waals surface area contributed by atoms with Crippen LogP contribution in [0.4, 0.5) is 0 Å². The van der Waals surface area contributed by atoms with Crippen LogP contribution in [0.25, 0.3) is 0 Å². The Morgan fingerprint density at radius 3 is 2.57 bits per heavy atom. The molecule has 3 nitrogen and oxygen atoms in total. The summed E-state index contributed by atoms with van der Waals surface area (Å²) in [5.41, 5.74) is 4.77. The van der Waals surface area contributed by atoms with Gasteiger partial charge in [-0.05, 0) is 38.0 Å². The zero-order chi connectivity index (χ0) is 15.6. The molecule has 1 aromatic heterocycles. The number of carbonyl (C=O) groups is 1. The second-order valence-corrected chi connectivity index (χ2v) is 5.80. The average molecular weight is 303 g/mol. The molecule has 0 aliphatic heterocycles. The zero-order valence-electron chi connectivity index (χ0n) is 12.8. The predicted molar refractivity (Wildman–Crippen MR) is 85.7 cm³/mol. The van der Waals surface area contributed by atoms with Gasteiger partial charge in [0.15, 0.2) is 0 Å². The first kappa shape index (κ1) is 15.5. The number of hydrogen-bond acceptors (Lipinski definition) is 2. The lowest BCUT2D eigenvalue weighted by molar-refractivity contribution is 0.0784. The van der Waals surface area contributed by atoms with Gasteiger partial charge in [-0.25, -0.2) is 0 Å². The van der Waals surface area contributed by atoms with E-state index in [2.05, 4.69) is 37.0 Å². The summed E-state index contributed by atoms with van der Waals surface area (Å²) >= 11 is 6.14. The van der Waals surface area contributed by atoms with E-state index in [-0.39, 0.29) is 5.91 Å². The Morgan fingerprint density at radius 2 is 1.95 bits per heavy atom. The highest BCUT2D eigenvalue weighted by Gasteiger charge is 2.16. The predicted octanol–water partition coefficient (Wildman–Crippen LogP) is 3.93. The third-order valence-corrected chi connectivity index (χ3v) is 3.79. The van der Waals surface area contributed by atoms with Crippen molar-refractivity contribution >= 4 is 17.5 Å². The van der Waals surface area contributed by atoms with E-state index in [1.807, 2.05) is 6.92 Å². The lowest BCUT2D eigenvalue weighted by Gasteiger charge is -2.19. The smallest absolute Gasteiger partial charge is 0.256 e. The van der Waals surface area contributed by atoms with Gasteiger partial charge in [-0.15, -0.1) is 0 Å². The Kier molecular flexibility index (Phi) is 4.63. The Hall–Kier alpha value is -1.87. The van der Waals surface area contributed by atoms with Crippen LogP contribution in [-0.2, 0) is 6.54 Å². The second kappa shape index (κ2) is 6.27. The van der Waals surface area contributed by atoms with Gasteiger partial charge in [-0.3, -0.25) is 9.78 Å².